The van der Waals surface area contributed by atoms with Gasteiger partial charge in [-0.1, -0.05) is 19.0 Å². The van der Waals surface area contributed by atoms with Gasteiger partial charge in [0.25, 0.3) is 0 Å². The molecular formula is C13H21N3O4S. The quantitative estimate of drug-likeness (QED) is 0.833. The molecule has 1 amide bonds. The summed E-state index contributed by atoms with van der Waals surface area (Å²) in [5, 5.41) is 6.62. The molecule has 1 aliphatic heterocycles. The fourth-order valence-corrected chi connectivity index (χ4v) is 3.89. The Labute approximate surface area is 124 Å². The number of nitrogens with one attached hydrogen (secondary N) is 1. The molecule has 0 bridgehead atoms. The number of carbonyl (C=O) groups is 1. The van der Waals surface area contributed by atoms with Crippen LogP contribution in [0.5, 0.6) is 0 Å². The van der Waals surface area contributed by atoms with Gasteiger partial charge < -0.3 is 9.84 Å². The van der Waals surface area contributed by atoms with E-state index in [1.165, 1.54) is 0 Å². The molecule has 1 atom stereocenters. The summed E-state index contributed by atoms with van der Waals surface area (Å²) in [6.45, 7) is 3.97. The molecule has 2 rings (SSSR count). The second-order valence-electron chi connectivity index (χ2n) is 5.72. The van der Waals surface area contributed by atoms with Gasteiger partial charge in [-0.25, -0.2) is 8.42 Å². The zero-order chi connectivity index (χ0) is 15.5. The number of aromatic nitrogens is 2. The summed E-state index contributed by atoms with van der Waals surface area (Å²) in [6.07, 6.45) is 1.99. The van der Waals surface area contributed by atoms with Crippen molar-refractivity contribution in [3.8, 4) is 0 Å². The lowest BCUT2D eigenvalue weighted by atomic mass is 10.2. The normalized spacial score (nSPS) is 20.8. The number of rotatable bonds is 6. The minimum atomic E-state index is -2.96. The van der Waals surface area contributed by atoms with Crippen molar-refractivity contribution >= 4 is 15.7 Å². The van der Waals surface area contributed by atoms with Crippen LogP contribution in [0.2, 0.25) is 0 Å². The minimum absolute atomic E-state index is 0.0557. The van der Waals surface area contributed by atoms with E-state index in [0.29, 0.717) is 37.4 Å². The van der Waals surface area contributed by atoms with E-state index in [0.717, 1.165) is 0 Å². The van der Waals surface area contributed by atoms with Crippen LogP contribution >= 0.6 is 0 Å². The lowest BCUT2D eigenvalue weighted by molar-refractivity contribution is -0.121. The smallest absolute Gasteiger partial charge is 0.226 e. The molecule has 0 radical (unpaired) electrons. The largest absolute Gasteiger partial charge is 0.352 e. The summed E-state index contributed by atoms with van der Waals surface area (Å²) < 4.78 is 27.7. The van der Waals surface area contributed by atoms with E-state index in [1.807, 2.05) is 13.8 Å². The molecule has 0 aromatic carbocycles. The molecule has 0 unspecified atom stereocenters. The average Bonchev–Trinajstić information content (AvgIpc) is 2.96. The second kappa shape index (κ2) is 6.55. The van der Waals surface area contributed by atoms with Crippen LogP contribution in [0.25, 0.3) is 0 Å². The van der Waals surface area contributed by atoms with Gasteiger partial charge in [0.05, 0.1) is 11.5 Å². The van der Waals surface area contributed by atoms with Crippen LogP contribution in [0.15, 0.2) is 4.52 Å². The third-order valence-electron chi connectivity index (χ3n) is 3.39. The predicted octanol–water partition coefficient (Wildman–Crippen LogP) is 0.819. The number of hydrogen-bond donors (Lipinski definition) is 1. The molecule has 2 heterocycles. The Kier molecular flexibility index (Phi) is 4.97. The molecule has 7 nitrogen and oxygen atoms in total. The van der Waals surface area contributed by atoms with Crippen LogP contribution in [0.1, 0.15) is 50.7 Å². The van der Waals surface area contributed by atoms with Gasteiger partial charge in [-0.05, 0) is 12.8 Å². The maximum absolute atomic E-state index is 11.7. The average molecular weight is 315 g/mol. The SMILES string of the molecule is CC(C)c1noc(CCCC(=O)N[C@H]2CCS(=O)(=O)C2)n1. The number of hydrogen-bond acceptors (Lipinski definition) is 6. The van der Waals surface area contributed by atoms with Crippen LogP contribution in [0.4, 0.5) is 0 Å². The van der Waals surface area contributed by atoms with E-state index in [2.05, 4.69) is 15.5 Å². The monoisotopic (exact) mass is 315 g/mol. The van der Waals surface area contributed by atoms with Crippen LogP contribution in [0.3, 0.4) is 0 Å². The van der Waals surface area contributed by atoms with Crippen molar-refractivity contribution in [2.45, 2.75) is 51.5 Å². The highest BCUT2D eigenvalue weighted by atomic mass is 32.2. The third-order valence-corrected chi connectivity index (χ3v) is 5.16. The number of sulfone groups is 1. The van der Waals surface area contributed by atoms with E-state index in [4.69, 9.17) is 4.52 Å². The Bertz CT molecular complexity index is 594. The van der Waals surface area contributed by atoms with Crippen molar-refractivity contribution in [1.82, 2.24) is 15.5 Å². The topological polar surface area (TPSA) is 102 Å². The molecule has 1 aromatic heterocycles. The Morgan fingerprint density at radius 3 is 2.81 bits per heavy atom. The van der Waals surface area contributed by atoms with Crippen molar-refractivity contribution in [3.63, 3.8) is 0 Å². The van der Waals surface area contributed by atoms with Crippen LogP contribution in [-0.4, -0.2) is 42.0 Å². The minimum Gasteiger partial charge on any atom is -0.352 e. The molecule has 118 valence electrons. The first-order chi connectivity index (χ1) is 9.85. The summed E-state index contributed by atoms with van der Waals surface area (Å²) in [5.41, 5.74) is 0. The van der Waals surface area contributed by atoms with Crippen molar-refractivity contribution in [2.24, 2.45) is 0 Å². The van der Waals surface area contributed by atoms with Crippen molar-refractivity contribution in [2.75, 3.05) is 11.5 Å². The highest BCUT2D eigenvalue weighted by Crippen LogP contribution is 2.13. The molecule has 0 spiro atoms. The van der Waals surface area contributed by atoms with Crippen molar-refractivity contribution in [3.05, 3.63) is 11.7 Å². The van der Waals surface area contributed by atoms with Gasteiger partial charge in [-0.15, -0.1) is 0 Å². The van der Waals surface area contributed by atoms with Gasteiger partial charge in [0.15, 0.2) is 15.7 Å². The van der Waals surface area contributed by atoms with Gasteiger partial charge in [0.2, 0.25) is 11.8 Å². The van der Waals surface area contributed by atoms with Crippen LogP contribution in [0, 0.1) is 0 Å². The molecule has 1 aromatic rings. The van der Waals surface area contributed by atoms with Gasteiger partial charge in [0, 0.05) is 24.8 Å². The van der Waals surface area contributed by atoms with Gasteiger partial charge >= 0.3 is 0 Å². The van der Waals surface area contributed by atoms with E-state index in [9.17, 15) is 13.2 Å². The highest BCUT2D eigenvalue weighted by Gasteiger charge is 2.28. The standard InChI is InChI=1S/C13H21N3O4S/c1-9(2)13-15-12(20-16-13)5-3-4-11(17)14-10-6-7-21(18,19)8-10/h9-10H,3-8H2,1-2H3,(H,14,17)/t10-/m0/s1. The van der Waals surface area contributed by atoms with Gasteiger partial charge in [-0.2, -0.15) is 4.98 Å². The summed E-state index contributed by atoms with van der Waals surface area (Å²) in [6, 6.07) is -0.238. The zero-order valence-electron chi connectivity index (χ0n) is 12.3. The van der Waals surface area contributed by atoms with E-state index in [1.54, 1.807) is 0 Å². The van der Waals surface area contributed by atoms with Crippen LogP contribution < -0.4 is 5.32 Å². The lowest BCUT2D eigenvalue weighted by Gasteiger charge is -2.09. The maximum atomic E-state index is 11.7. The maximum Gasteiger partial charge on any atom is 0.226 e. The molecule has 0 saturated carbocycles. The first-order valence-corrected chi connectivity index (χ1v) is 9.00. The molecule has 1 N–H and O–H groups in total. The number of carbonyl (C=O) groups excluding carboxylic acids is 1. The summed E-state index contributed by atoms with van der Waals surface area (Å²) in [7, 11) is -2.96. The predicted molar refractivity (Wildman–Crippen MR) is 76.5 cm³/mol. The third kappa shape index (κ3) is 4.80. The molecule has 1 fully saturated rings. The Morgan fingerprint density at radius 1 is 1.48 bits per heavy atom. The molecular weight excluding hydrogens is 294 g/mol. The molecule has 1 aliphatic rings. The number of aryl methyl sites for hydroxylation is 1. The Morgan fingerprint density at radius 2 is 2.24 bits per heavy atom. The lowest BCUT2D eigenvalue weighted by Crippen LogP contribution is -2.35. The highest BCUT2D eigenvalue weighted by molar-refractivity contribution is 7.91. The number of nitrogens with zero attached hydrogens (tertiary/aromatic N) is 2. The fraction of sp³-hybridized carbons (Fsp3) is 0.769. The van der Waals surface area contributed by atoms with E-state index >= 15 is 0 Å². The second-order valence-corrected chi connectivity index (χ2v) is 7.95. The Balaban J connectivity index is 1.69. The summed E-state index contributed by atoms with van der Waals surface area (Å²) >= 11 is 0. The first kappa shape index (κ1) is 15.9. The zero-order valence-corrected chi connectivity index (χ0v) is 13.1. The summed E-state index contributed by atoms with van der Waals surface area (Å²) in [4.78, 5) is 16.0. The molecule has 21 heavy (non-hydrogen) atoms. The molecule has 8 heteroatoms. The molecule has 0 aliphatic carbocycles. The Hall–Kier alpha value is -1.44. The van der Waals surface area contributed by atoms with Gasteiger partial charge in [0.1, 0.15) is 0 Å². The van der Waals surface area contributed by atoms with Gasteiger partial charge in [-0.3, -0.25) is 4.79 Å². The molecule has 1 saturated heterocycles. The van der Waals surface area contributed by atoms with Crippen molar-refractivity contribution < 1.29 is 17.7 Å². The summed E-state index contributed by atoms with van der Waals surface area (Å²) in [5.74, 6) is 1.52. The first-order valence-electron chi connectivity index (χ1n) is 7.18. The van der Waals surface area contributed by atoms with Crippen molar-refractivity contribution in [1.29, 1.82) is 0 Å². The number of amides is 1. The van der Waals surface area contributed by atoms with E-state index < -0.39 is 9.84 Å². The van der Waals surface area contributed by atoms with Crippen LogP contribution in [-0.2, 0) is 21.1 Å². The van der Waals surface area contributed by atoms with E-state index in [-0.39, 0.29) is 29.4 Å². The fourth-order valence-electron chi connectivity index (χ4n) is 2.21.